The summed E-state index contributed by atoms with van der Waals surface area (Å²) in [5.74, 6) is -1.15. The number of aryl methyl sites for hydroxylation is 1. The minimum atomic E-state index is -0.752. The van der Waals surface area contributed by atoms with E-state index in [0.717, 1.165) is 5.52 Å². The molecular weight excluding hydrogens is 460 g/mol. The van der Waals surface area contributed by atoms with E-state index in [-0.39, 0.29) is 22.7 Å². The van der Waals surface area contributed by atoms with Crippen LogP contribution in [0.2, 0.25) is 0 Å². The van der Waals surface area contributed by atoms with Crippen LogP contribution in [0.5, 0.6) is 17.5 Å². The molecule has 180 valence electrons. The van der Waals surface area contributed by atoms with Gasteiger partial charge in [0.25, 0.3) is 11.8 Å². The first-order valence-corrected chi connectivity index (χ1v) is 11.2. The number of rotatable bonds is 5. The van der Waals surface area contributed by atoms with Gasteiger partial charge < -0.3 is 19.5 Å². The van der Waals surface area contributed by atoms with Crippen LogP contribution in [0, 0.1) is 0 Å². The number of benzene rings is 3. The van der Waals surface area contributed by atoms with E-state index < -0.39 is 11.8 Å². The molecule has 0 unspecified atom stereocenters. The van der Waals surface area contributed by atoms with Crippen LogP contribution in [0.1, 0.15) is 27.6 Å². The van der Waals surface area contributed by atoms with Crippen LogP contribution < -0.4 is 4.74 Å². The van der Waals surface area contributed by atoms with E-state index >= 15 is 0 Å². The summed E-state index contributed by atoms with van der Waals surface area (Å²) in [5, 5.41) is 30.1. The van der Waals surface area contributed by atoms with Gasteiger partial charge in [0.2, 0.25) is 11.8 Å². The number of ether oxygens (including phenoxy) is 1. The number of hydrogen-bond acceptors (Lipinski definition) is 5. The number of azo groups is 1. The summed E-state index contributed by atoms with van der Waals surface area (Å²) in [6.07, 6.45) is 1.65. The first kappa shape index (κ1) is 22.9. The summed E-state index contributed by atoms with van der Waals surface area (Å²) < 4.78 is 8.50. The van der Waals surface area contributed by atoms with Crippen molar-refractivity contribution in [3.8, 4) is 23.2 Å². The van der Waals surface area contributed by atoms with E-state index in [4.69, 9.17) is 4.74 Å². The maximum Gasteiger partial charge on any atom is 0.297 e. The number of amides is 2. The summed E-state index contributed by atoms with van der Waals surface area (Å²) in [5.41, 5.74) is 1.82. The number of aromatic hydroxyl groups is 2. The molecule has 2 heterocycles. The van der Waals surface area contributed by atoms with Crippen LogP contribution in [0.25, 0.3) is 27.4 Å². The molecule has 0 saturated heterocycles. The first-order chi connectivity index (χ1) is 17.4. The van der Waals surface area contributed by atoms with E-state index in [0.29, 0.717) is 34.4 Å². The molecule has 0 atom stereocenters. The van der Waals surface area contributed by atoms with Gasteiger partial charge in [-0.25, -0.2) is 0 Å². The molecule has 9 heteroatoms. The second-order valence-electron chi connectivity index (χ2n) is 8.15. The highest BCUT2D eigenvalue weighted by molar-refractivity contribution is 6.08. The SMILES string of the molecule is CCOc1ccc(-n2c(O)c3ccc(C(=O)N=NC(=O)c4cn(C)c5ccccc45)cc3c2O)cc1. The Morgan fingerprint density at radius 3 is 2.31 bits per heavy atom. The number of fused-ring (bicyclic) bond motifs is 2. The van der Waals surface area contributed by atoms with Crippen molar-refractivity contribution >= 4 is 33.5 Å². The molecule has 0 radical (unpaired) electrons. The normalized spacial score (nSPS) is 11.5. The minimum absolute atomic E-state index is 0.108. The third-order valence-corrected chi connectivity index (χ3v) is 5.94. The lowest BCUT2D eigenvalue weighted by Crippen LogP contribution is -1.97. The molecule has 0 saturated carbocycles. The van der Waals surface area contributed by atoms with E-state index in [1.807, 2.05) is 32.2 Å². The minimum Gasteiger partial charge on any atom is -0.494 e. The summed E-state index contributed by atoms with van der Waals surface area (Å²) in [4.78, 5) is 25.3. The first-order valence-electron chi connectivity index (χ1n) is 11.2. The van der Waals surface area contributed by atoms with Crippen molar-refractivity contribution in [3.63, 3.8) is 0 Å². The van der Waals surface area contributed by atoms with Crippen LogP contribution in [0.4, 0.5) is 0 Å². The smallest absolute Gasteiger partial charge is 0.297 e. The van der Waals surface area contributed by atoms with Crippen LogP contribution in [0.3, 0.4) is 0 Å². The van der Waals surface area contributed by atoms with Crippen LogP contribution in [-0.2, 0) is 7.05 Å². The monoisotopic (exact) mass is 482 g/mol. The Hall–Kier alpha value is -4.92. The van der Waals surface area contributed by atoms with Crippen LogP contribution >= 0.6 is 0 Å². The fourth-order valence-corrected chi connectivity index (χ4v) is 4.22. The molecular formula is C27H22N4O5. The number of hydrogen-bond donors (Lipinski definition) is 2. The summed E-state index contributed by atoms with van der Waals surface area (Å²) in [6.45, 7) is 2.40. The third kappa shape index (κ3) is 3.86. The van der Waals surface area contributed by atoms with Gasteiger partial charge in [0, 0.05) is 40.5 Å². The van der Waals surface area contributed by atoms with Gasteiger partial charge in [0.15, 0.2) is 0 Å². The molecule has 0 fully saturated rings. The second-order valence-corrected chi connectivity index (χ2v) is 8.15. The summed E-state index contributed by atoms with van der Waals surface area (Å²) in [6, 6.07) is 18.6. The Morgan fingerprint density at radius 2 is 1.56 bits per heavy atom. The average Bonchev–Trinajstić information content (AvgIpc) is 3.36. The highest BCUT2D eigenvalue weighted by atomic mass is 16.5. The van der Waals surface area contributed by atoms with Crippen molar-refractivity contribution in [1.82, 2.24) is 9.13 Å². The zero-order chi connectivity index (χ0) is 25.4. The maximum absolute atomic E-state index is 12.7. The van der Waals surface area contributed by atoms with Gasteiger partial charge in [0.1, 0.15) is 5.75 Å². The topological polar surface area (TPSA) is 118 Å². The van der Waals surface area contributed by atoms with Crippen LogP contribution in [-0.4, -0.2) is 37.8 Å². The predicted octanol–water partition coefficient (Wildman–Crippen LogP) is 5.36. The van der Waals surface area contributed by atoms with Crippen molar-refractivity contribution < 1.29 is 24.5 Å². The highest BCUT2D eigenvalue weighted by Crippen LogP contribution is 2.39. The number of para-hydroxylation sites is 1. The fourth-order valence-electron chi connectivity index (χ4n) is 4.22. The standard InChI is InChI=1S/C27H22N4O5/c1-3-36-18-11-9-17(10-12-18)31-26(34)20-13-8-16(14-21(20)27(31)35)24(32)28-29-25(33)22-15-30(2)23-7-5-4-6-19(22)23/h4-15,34-35H,3H2,1-2H3. The highest BCUT2D eigenvalue weighted by Gasteiger charge is 2.20. The van der Waals surface area contributed by atoms with Crippen molar-refractivity contribution in [2.45, 2.75) is 6.92 Å². The lowest BCUT2D eigenvalue weighted by atomic mass is 10.1. The number of carbonyl (C=O) groups is 2. The van der Waals surface area contributed by atoms with Crippen molar-refractivity contribution in [2.24, 2.45) is 17.3 Å². The Labute approximate surface area is 205 Å². The van der Waals surface area contributed by atoms with Gasteiger partial charge >= 0.3 is 0 Å². The van der Waals surface area contributed by atoms with Gasteiger partial charge in [-0.2, -0.15) is 0 Å². The van der Waals surface area contributed by atoms with Gasteiger partial charge in [0.05, 0.1) is 17.9 Å². The quantitative estimate of drug-likeness (QED) is 0.327. The second kappa shape index (κ2) is 9.03. The van der Waals surface area contributed by atoms with Gasteiger partial charge in [-0.3, -0.25) is 14.2 Å². The Balaban J connectivity index is 1.44. The van der Waals surface area contributed by atoms with Crippen molar-refractivity contribution in [3.05, 3.63) is 84.1 Å². The Kier molecular flexibility index (Phi) is 5.73. The zero-order valence-corrected chi connectivity index (χ0v) is 19.5. The van der Waals surface area contributed by atoms with Crippen LogP contribution in [0.15, 0.2) is 83.2 Å². The molecule has 2 N–H and O–H groups in total. The molecule has 0 spiro atoms. The fraction of sp³-hybridized carbons (Fsp3) is 0.111. The Morgan fingerprint density at radius 1 is 0.861 bits per heavy atom. The molecule has 9 nitrogen and oxygen atoms in total. The van der Waals surface area contributed by atoms with E-state index in [1.54, 1.807) is 41.1 Å². The molecule has 0 aliphatic rings. The summed E-state index contributed by atoms with van der Waals surface area (Å²) in [7, 11) is 1.82. The average molecular weight is 482 g/mol. The lowest BCUT2D eigenvalue weighted by Gasteiger charge is -2.08. The molecule has 5 rings (SSSR count). The largest absolute Gasteiger partial charge is 0.494 e. The zero-order valence-electron chi connectivity index (χ0n) is 19.5. The number of aromatic nitrogens is 2. The van der Waals surface area contributed by atoms with Crippen molar-refractivity contribution in [2.75, 3.05) is 6.61 Å². The number of nitrogens with zero attached hydrogens (tertiary/aromatic N) is 4. The maximum atomic E-state index is 12.7. The Bertz CT molecular complexity index is 1660. The molecule has 3 aromatic carbocycles. The summed E-state index contributed by atoms with van der Waals surface area (Å²) >= 11 is 0. The van der Waals surface area contributed by atoms with E-state index in [2.05, 4.69) is 10.2 Å². The predicted molar refractivity (Wildman–Crippen MR) is 134 cm³/mol. The molecule has 36 heavy (non-hydrogen) atoms. The molecule has 0 bridgehead atoms. The van der Waals surface area contributed by atoms with Gasteiger partial charge in [-0.15, -0.1) is 10.2 Å². The molecule has 5 aromatic rings. The van der Waals surface area contributed by atoms with E-state index in [9.17, 15) is 19.8 Å². The third-order valence-electron chi connectivity index (χ3n) is 5.94. The molecule has 2 aromatic heterocycles. The lowest BCUT2D eigenvalue weighted by molar-refractivity contribution is 0.0947. The number of carbonyl (C=O) groups excluding carboxylic acids is 2. The van der Waals surface area contributed by atoms with Gasteiger partial charge in [-0.1, -0.05) is 18.2 Å². The molecule has 0 aliphatic carbocycles. The van der Waals surface area contributed by atoms with Gasteiger partial charge in [-0.05, 0) is 55.5 Å². The molecule has 0 aliphatic heterocycles. The van der Waals surface area contributed by atoms with E-state index in [1.165, 1.54) is 22.8 Å². The van der Waals surface area contributed by atoms with Crippen molar-refractivity contribution in [1.29, 1.82) is 0 Å². The molecule has 2 amide bonds.